The molecule has 0 fully saturated rings. The van der Waals surface area contributed by atoms with E-state index >= 15 is 0 Å². The van der Waals surface area contributed by atoms with E-state index in [1.807, 2.05) is 0 Å². The maximum Gasteiger partial charge on any atom is 0.123 e. The van der Waals surface area contributed by atoms with Gasteiger partial charge in [-0.15, -0.1) is 0 Å². The molecule has 0 radical (unpaired) electrons. The molecule has 0 aliphatic rings. The molecule has 100 valence electrons. The Bertz CT molecular complexity index is 601. The second kappa shape index (κ2) is 6.28. The Balaban J connectivity index is 2.23. The second-order valence-corrected chi connectivity index (χ2v) is 5.95. The van der Waals surface area contributed by atoms with Crippen molar-refractivity contribution < 1.29 is 8.60 Å². The van der Waals surface area contributed by atoms with E-state index in [2.05, 4.69) is 0 Å². The molecule has 5 heteroatoms. The number of nitrogens with two attached hydrogens (primary N) is 1. The first-order valence-corrected chi connectivity index (χ1v) is 7.41. The number of hydrogen-bond acceptors (Lipinski definition) is 2. The molecule has 0 saturated carbocycles. The number of rotatable bonds is 4. The van der Waals surface area contributed by atoms with Crippen molar-refractivity contribution in [3.63, 3.8) is 0 Å². The van der Waals surface area contributed by atoms with E-state index in [4.69, 9.17) is 17.3 Å². The number of benzene rings is 2. The normalized spacial score (nSPS) is 12.4. The van der Waals surface area contributed by atoms with E-state index < -0.39 is 10.8 Å². The molecule has 1 unspecified atom stereocenters. The Morgan fingerprint density at radius 1 is 1.11 bits per heavy atom. The lowest BCUT2D eigenvalue weighted by Crippen LogP contribution is -2.05. The molecular formula is C14H13ClFNOS. The predicted molar refractivity (Wildman–Crippen MR) is 75.9 cm³/mol. The molecule has 19 heavy (non-hydrogen) atoms. The molecule has 2 aromatic rings. The minimum atomic E-state index is -1.24. The zero-order valence-corrected chi connectivity index (χ0v) is 11.7. The van der Waals surface area contributed by atoms with Crippen LogP contribution in [0, 0.1) is 5.82 Å². The first-order valence-electron chi connectivity index (χ1n) is 5.71. The SMILES string of the molecule is NCc1ccc(F)cc1CS(=O)c1ccc(Cl)cc1. The molecule has 0 aromatic heterocycles. The molecule has 1 atom stereocenters. The monoisotopic (exact) mass is 297 g/mol. The van der Waals surface area contributed by atoms with Crippen molar-refractivity contribution in [2.45, 2.75) is 17.2 Å². The fraction of sp³-hybridized carbons (Fsp3) is 0.143. The molecule has 2 N–H and O–H groups in total. The Hall–Kier alpha value is -1.23. The largest absolute Gasteiger partial charge is 0.326 e. The minimum absolute atomic E-state index is 0.242. The van der Waals surface area contributed by atoms with Gasteiger partial charge in [0.05, 0.1) is 16.6 Å². The van der Waals surface area contributed by atoms with Crippen molar-refractivity contribution >= 4 is 22.4 Å². The third-order valence-corrected chi connectivity index (χ3v) is 4.37. The summed E-state index contributed by atoms with van der Waals surface area (Å²) in [5.41, 5.74) is 7.08. The van der Waals surface area contributed by atoms with Gasteiger partial charge in [-0.1, -0.05) is 17.7 Å². The quantitative estimate of drug-likeness (QED) is 0.941. The van der Waals surface area contributed by atoms with E-state index in [0.29, 0.717) is 22.0 Å². The van der Waals surface area contributed by atoms with E-state index in [-0.39, 0.29) is 11.6 Å². The third-order valence-electron chi connectivity index (χ3n) is 2.75. The summed E-state index contributed by atoms with van der Waals surface area (Å²) < 4.78 is 25.4. The third kappa shape index (κ3) is 3.62. The van der Waals surface area contributed by atoms with Crippen molar-refractivity contribution in [3.8, 4) is 0 Å². The number of halogens is 2. The van der Waals surface area contributed by atoms with Crippen LogP contribution in [0.3, 0.4) is 0 Å². The summed E-state index contributed by atoms with van der Waals surface area (Å²) in [7, 11) is -1.24. The van der Waals surface area contributed by atoms with Crippen LogP contribution >= 0.6 is 11.6 Å². The first kappa shape index (κ1) is 14.2. The van der Waals surface area contributed by atoms with Crippen LogP contribution < -0.4 is 5.73 Å². The molecule has 2 aromatic carbocycles. The van der Waals surface area contributed by atoms with Gasteiger partial charge in [-0.2, -0.15) is 0 Å². The standard InChI is InChI=1S/C14H13ClFNOS/c15-12-2-5-14(6-3-12)19(18)9-11-7-13(16)4-1-10(11)8-17/h1-7H,8-9,17H2. The summed E-state index contributed by atoms with van der Waals surface area (Å²) in [6.07, 6.45) is 0. The molecule has 2 rings (SSSR count). The van der Waals surface area contributed by atoms with E-state index in [1.54, 1.807) is 30.3 Å². The first-order chi connectivity index (χ1) is 9.10. The van der Waals surface area contributed by atoms with Crippen molar-refractivity contribution in [2.24, 2.45) is 5.73 Å². The molecule has 0 bridgehead atoms. The summed E-state index contributed by atoms with van der Waals surface area (Å²) in [5.74, 6) is -0.105. The summed E-state index contributed by atoms with van der Waals surface area (Å²) >= 11 is 5.78. The lowest BCUT2D eigenvalue weighted by atomic mass is 10.1. The fourth-order valence-electron chi connectivity index (χ4n) is 1.74. The predicted octanol–water partition coefficient (Wildman–Crippen LogP) is 3.25. The molecule has 0 aliphatic carbocycles. The van der Waals surface area contributed by atoms with Gasteiger partial charge in [-0.05, 0) is 47.5 Å². The minimum Gasteiger partial charge on any atom is -0.326 e. The van der Waals surface area contributed by atoms with Crippen LogP contribution in [0.5, 0.6) is 0 Å². The van der Waals surface area contributed by atoms with Gasteiger partial charge < -0.3 is 5.73 Å². The fourth-order valence-corrected chi connectivity index (χ4v) is 3.02. The van der Waals surface area contributed by atoms with Gasteiger partial charge in [0.15, 0.2) is 0 Å². The lowest BCUT2D eigenvalue weighted by molar-refractivity contribution is 0.625. The van der Waals surface area contributed by atoms with Crippen molar-refractivity contribution in [1.29, 1.82) is 0 Å². The van der Waals surface area contributed by atoms with Crippen LogP contribution in [0.2, 0.25) is 5.02 Å². The summed E-state index contributed by atoms with van der Waals surface area (Å²) in [6.45, 7) is 0.299. The van der Waals surface area contributed by atoms with Gasteiger partial charge >= 0.3 is 0 Å². The molecule has 0 heterocycles. The van der Waals surface area contributed by atoms with Gasteiger partial charge in [0.25, 0.3) is 0 Å². The summed E-state index contributed by atoms with van der Waals surface area (Å²) in [6, 6.07) is 11.2. The van der Waals surface area contributed by atoms with Crippen LogP contribution in [0.4, 0.5) is 4.39 Å². The van der Waals surface area contributed by atoms with Gasteiger partial charge in [0.2, 0.25) is 0 Å². The Labute approximate surface area is 118 Å². The maximum absolute atomic E-state index is 13.2. The van der Waals surface area contributed by atoms with E-state index in [9.17, 15) is 8.60 Å². The zero-order valence-electron chi connectivity index (χ0n) is 10.1. The number of hydrogen-bond donors (Lipinski definition) is 1. The average Bonchev–Trinajstić information content (AvgIpc) is 2.39. The highest BCUT2D eigenvalue weighted by molar-refractivity contribution is 7.84. The van der Waals surface area contributed by atoms with Crippen LogP contribution in [0.1, 0.15) is 11.1 Å². The van der Waals surface area contributed by atoms with Crippen LogP contribution in [0.15, 0.2) is 47.4 Å². The maximum atomic E-state index is 13.2. The van der Waals surface area contributed by atoms with Crippen molar-refractivity contribution in [1.82, 2.24) is 0 Å². The Morgan fingerprint density at radius 2 is 1.79 bits per heavy atom. The van der Waals surface area contributed by atoms with Gasteiger partial charge in [0.1, 0.15) is 5.82 Å². The molecule has 0 aliphatic heterocycles. The van der Waals surface area contributed by atoms with Crippen molar-refractivity contribution in [3.05, 3.63) is 64.4 Å². The average molecular weight is 298 g/mol. The lowest BCUT2D eigenvalue weighted by Gasteiger charge is -2.08. The summed E-state index contributed by atoms with van der Waals surface area (Å²) in [5, 5.41) is 0.592. The van der Waals surface area contributed by atoms with E-state index in [1.165, 1.54) is 12.1 Å². The van der Waals surface area contributed by atoms with Gasteiger partial charge in [-0.25, -0.2) is 4.39 Å². The topological polar surface area (TPSA) is 43.1 Å². The van der Waals surface area contributed by atoms with Gasteiger partial charge in [-0.3, -0.25) is 4.21 Å². The smallest absolute Gasteiger partial charge is 0.123 e. The highest BCUT2D eigenvalue weighted by atomic mass is 35.5. The zero-order chi connectivity index (χ0) is 13.8. The van der Waals surface area contributed by atoms with E-state index in [0.717, 1.165) is 5.56 Å². The van der Waals surface area contributed by atoms with Crippen molar-refractivity contribution in [2.75, 3.05) is 0 Å². The molecule has 0 spiro atoms. The molecular weight excluding hydrogens is 285 g/mol. The summed E-state index contributed by atoms with van der Waals surface area (Å²) in [4.78, 5) is 0.664. The molecule has 2 nitrogen and oxygen atoms in total. The molecule has 0 saturated heterocycles. The highest BCUT2D eigenvalue weighted by Crippen LogP contribution is 2.18. The highest BCUT2D eigenvalue weighted by Gasteiger charge is 2.09. The second-order valence-electron chi connectivity index (χ2n) is 4.06. The van der Waals surface area contributed by atoms with Gasteiger partial charge in [0, 0.05) is 16.5 Å². The van der Waals surface area contributed by atoms with Crippen LogP contribution in [-0.4, -0.2) is 4.21 Å². The molecule has 0 amide bonds. The Kier molecular flexibility index (Phi) is 4.69. The van der Waals surface area contributed by atoms with Crippen LogP contribution in [0.25, 0.3) is 0 Å². The van der Waals surface area contributed by atoms with Crippen LogP contribution in [-0.2, 0) is 23.1 Å². The Morgan fingerprint density at radius 3 is 2.42 bits per heavy atom.